The highest BCUT2D eigenvalue weighted by Crippen LogP contribution is 2.12. The van der Waals surface area contributed by atoms with Crippen molar-refractivity contribution in [3.05, 3.63) is 47.7 Å². The molecule has 0 aliphatic heterocycles. The molecule has 0 atom stereocenters. The molecular formula is C12H8F2N4O. The van der Waals surface area contributed by atoms with Crippen LogP contribution in [0, 0.1) is 23.0 Å². The third kappa shape index (κ3) is 2.93. The Labute approximate surface area is 107 Å². The summed E-state index contributed by atoms with van der Waals surface area (Å²) in [5, 5.41) is 14.7. The highest BCUT2D eigenvalue weighted by Gasteiger charge is 2.13. The second-order valence-electron chi connectivity index (χ2n) is 3.63. The van der Waals surface area contributed by atoms with Crippen LogP contribution >= 0.6 is 0 Å². The van der Waals surface area contributed by atoms with E-state index in [9.17, 15) is 13.6 Å². The van der Waals surface area contributed by atoms with Crippen molar-refractivity contribution in [2.24, 2.45) is 0 Å². The Morgan fingerprint density at radius 3 is 2.89 bits per heavy atom. The Morgan fingerprint density at radius 1 is 1.42 bits per heavy atom. The Morgan fingerprint density at radius 2 is 2.21 bits per heavy atom. The molecule has 1 N–H and O–H groups in total. The summed E-state index contributed by atoms with van der Waals surface area (Å²) < 4.78 is 27.4. The first-order chi connectivity index (χ1) is 9.10. The molecule has 7 heteroatoms. The Kier molecular flexibility index (Phi) is 3.52. The zero-order chi connectivity index (χ0) is 13.8. The van der Waals surface area contributed by atoms with Gasteiger partial charge in [0.25, 0.3) is 5.91 Å². The minimum Gasteiger partial charge on any atom is -0.305 e. The SMILES string of the molecule is N#CCn1ccc(NC(=O)c2ccc(F)cc2F)n1. The third-order valence-corrected chi connectivity index (χ3v) is 2.29. The second kappa shape index (κ2) is 5.27. The van der Waals surface area contributed by atoms with Crippen LogP contribution in [-0.4, -0.2) is 15.7 Å². The Bertz CT molecular complexity index is 660. The summed E-state index contributed by atoms with van der Waals surface area (Å²) in [7, 11) is 0. The molecule has 96 valence electrons. The molecule has 1 aromatic carbocycles. The molecule has 2 rings (SSSR count). The van der Waals surface area contributed by atoms with E-state index < -0.39 is 17.5 Å². The summed E-state index contributed by atoms with van der Waals surface area (Å²) in [6, 6.07) is 6.02. The minimum atomic E-state index is -0.950. The van der Waals surface area contributed by atoms with Crippen molar-refractivity contribution in [1.82, 2.24) is 9.78 Å². The highest BCUT2D eigenvalue weighted by atomic mass is 19.1. The number of rotatable bonds is 3. The zero-order valence-electron chi connectivity index (χ0n) is 9.60. The quantitative estimate of drug-likeness (QED) is 0.918. The van der Waals surface area contributed by atoms with Gasteiger partial charge in [0.1, 0.15) is 18.2 Å². The van der Waals surface area contributed by atoms with Crippen LogP contribution in [0.25, 0.3) is 0 Å². The van der Waals surface area contributed by atoms with Crippen LogP contribution in [0.15, 0.2) is 30.5 Å². The van der Waals surface area contributed by atoms with Gasteiger partial charge in [0, 0.05) is 18.3 Å². The molecule has 0 spiro atoms. The van der Waals surface area contributed by atoms with Gasteiger partial charge in [-0.2, -0.15) is 10.4 Å². The van der Waals surface area contributed by atoms with Gasteiger partial charge in [0.2, 0.25) is 0 Å². The lowest BCUT2D eigenvalue weighted by Gasteiger charge is -2.03. The molecule has 0 saturated carbocycles. The van der Waals surface area contributed by atoms with Crippen molar-refractivity contribution in [1.29, 1.82) is 5.26 Å². The fraction of sp³-hybridized carbons (Fsp3) is 0.0833. The fourth-order valence-electron chi connectivity index (χ4n) is 1.45. The molecule has 0 saturated heterocycles. The van der Waals surface area contributed by atoms with Crippen molar-refractivity contribution in [3.63, 3.8) is 0 Å². The summed E-state index contributed by atoms with van der Waals surface area (Å²) in [5.41, 5.74) is -0.281. The van der Waals surface area contributed by atoms with Gasteiger partial charge in [-0.1, -0.05) is 0 Å². The molecular weight excluding hydrogens is 254 g/mol. The molecule has 1 aromatic heterocycles. The van der Waals surface area contributed by atoms with Crippen molar-refractivity contribution < 1.29 is 13.6 Å². The maximum Gasteiger partial charge on any atom is 0.259 e. The van der Waals surface area contributed by atoms with E-state index in [1.807, 2.05) is 6.07 Å². The average molecular weight is 262 g/mol. The fourth-order valence-corrected chi connectivity index (χ4v) is 1.45. The normalized spacial score (nSPS) is 9.95. The van der Waals surface area contributed by atoms with Gasteiger partial charge in [-0.3, -0.25) is 9.48 Å². The van der Waals surface area contributed by atoms with Gasteiger partial charge >= 0.3 is 0 Å². The van der Waals surface area contributed by atoms with Crippen LogP contribution in [0.4, 0.5) is 14.6 Å². The standard InChI is InChI=1S/C12H8F2N4O/c13-8-1-2-9(10(14)7-8)12(19)16-11-3-5-18(17-11)6-4-15/h1-3,5,7H,6H2,(H,16,17,19). The number of nitrogens with one attached hydrogen (secondary N) is 1. The summed E-state index contributed by atoms with van der Waals surface area (Å²) in [4.78, 5) is 11.7. The predicted molar refractivity (Wildman–Crippen MR) is 62.2 cm³/mol. The van der Waals surface area contributed by atoms with E-state index in [2.05, 4.69) is 10.4 Å². The van der Waals surface area contributed by atoms with Crippen molar-refractivity contribution in [3.8, 4) is 6.07 Å². The van der Waals surface area contributed by atoms with E-state index >= 15 is 0 Å². The number of hydrogen-bond donors (Lipinski definition) is 1. The van der Waals surface area contributed by atoms with Crippen molar-refractivity contribution in [2.45, 2.75) is 6.54 Å². The first kappa shape index (κ1) is 12.7. The predicted octanol–water partition coefficient (Wildman–Crippen LogP) is 1.94. The molecule has 19 heavy (non-hydrogen) atoms. The highest BCUT2D eigenvalue weighted by molar-refractivity contribution is 6.03. The van der Waals surface area contributed by atoms with Crippen LogP contribution in [0.3, 0.4) is 0 Å². The number of anilines is 1. The number of carbonyl (C=O) groups excluding carboxylic acids is 1. The van der Waals surface area contributed by atoms with Crippen molar-refractivity contribution in [2.75, 3.05) is 5.32 Å². The number of hydrogen-bond acceptors (Lipinski definition) is 3. The third-order valence-electron chi connectivity index (χ3n) is 2.29. The largest absolute Gasteiger partial charge is 0.305 e. The van der Waals surface area contributed by atoms with E-state index in [1.54, 1.807) is 0 Å². The van der Waals surface area contributed by atoms with Gasteiger partial charge in [-0.15, -0.1) is 0 Å². The first-order valence-electron chi connectivity index (χ1n) is 5.27. The Hall–Kier alpha value is -2.75. The molecule has 5 nitrogen and oxygen atoms in total. The molecule has 1 amide bonds. The number of nitriles is 1. The average Bonchev–Trinajstić information content (AvgIpc) is 2.76. The number of aromatic nitrogens is 2. The molecule has 0 radical (unpaired) electrons. The monoisotopic (exact) mass is 262 g/mol. The Balaban J connectivity index is 2.14. The maximum atomic E-state index is 13.4. The first-order valence-corrected chi connectivity index (χ1v) is 5.27. The summed E-state index contributed by atoms with van der Waals surface area (Å²) in [6.07, 6.45) is 1.50. The molecule has 0 unspecified atom stereocenters. The number of halogens is 2. The van der Waals surface area contributed by atoms with E-state index in [-0.39, 0.29) is 17.9 Å². The van der Waals surface area contributed by atoms with Gasteiger partial charge in [0.05, 0.1) is 11.6 Å². The van der Waals surface area contributed by atoms with Crippen LogP contribution in [0.2, 0.25) is 0 Å². The molecule has 1 heterocycles. The molecule has 2 aromatic rings. The topological polar surface area (TPSA) is 70.7 Å². The number of amides is 1. The van der Waals surface area contributed by atoms with Gasteiger partial charge in [-0.05, 0) is 12.1 Å². The van der Waals surface area contributed by atoms with Gasteiger partial charge < -0.3 is 5.32 Å². The lowest BCUT2D eigenvalue weighted by Crippen LogP contribution is -2.14. The smallest absolute Gasteiger partial charge is 0.259 e. The zero-order valence-corrected chi connectivity index (χ0v) is 9.60. The number of carbonyl (C=O) groups is 1. The van der Waals surface area contributed by atoms with E-state index in [4.69, 9.17) is 5.26 Å². The van der Waals surface area contributed by atoms with Crippen LogP contribution in [0.1, 0.15) is 10.4 Å². The molecule has 0 fully saturated rings. The summed E-state index contributed by atoms with van der Waals surface area (Å²) in [6.45, 7) is 0.0424. The van der Waals surface area contributed by atoms with E-state index in [1.165, 1.54) is 16.9 Å². The van der Waals surface area contributed by atoms with Gasteiger partial charge in [0.15, 0.2) is 5.82 Å². The number of benzene rings is 1. The molecule has 0 aliphatic carbocycles. The van der Waals surface area contributed by atoms with Crippen LogP contribution < -0.4 is 5.32 Å². The van der Waals surface area contributed by atoms with Gasteiger partial charge in [-0.25, -0.2) is 8.78 Å². The molecule has 0 bridgehead atoms. The van der Waals surface area contributed by atoms with Crippen molar-refractivity contribution >= 4 is 11.7 Å². The molecule has 0 aliphatic rings. The lowest BCUT2D eigenvalue weighted by atomic mass is 10.2. The van der Waals surface area contributed by atoms with E-state index in [0.717, 1.165) is 12.1 Å². The minimum absolute atomic E-state index is 0.0424. The second-order valence-corrected chi connectivity index (χ2v) is 3.63. The van der Waals surface area contributed by atoms with E-state index in [0.29, 0.717) is 6.07 Å². The lowest BCUT2D eigenvalue weighted by molar-refractivity contribution is 0.102. The van der Waals surface area contributed by atoms with Crippen LogP contribution in [0.5, 0.6) is 0 Å². The van der Waals surface area contributed by atoms with Crippen LogP contribution in [-0.2, 0) is 6.54 Å². The maximum absolute atomic E-state index is 13.4. The number of nitrogens with zero attached hydrogens (tertiary/aromatic N) is 3. The summed E-state index contributed by atoms with van der Waals surface area (Å²) in [5.74, 6) is -2.26. The summed E-state index contributed by atoms with van der Waals surface area (Å²) >= 11 is 0.